The van der Waals surface area contributed by atoms with Crippen molar-refractivity contribution in [1.82, 2.24) is 19.7 Å². The van der Waals surface area contributed by atoms with Crippen LogP contribution < -0.4 is 5.73 Å². The number of aromatic nitrogens is 4. The molecule has 0 radical (unpaired) electrons. The molecule has 3 heterocycles. The lowest BCUT2D eigenvalue weighted by Gasteiger charge is -2.39. The summed E-state index contributed by atoms with van der Waals surface area (Å²) in [5.74, 6) is 0.257. The number of ether oxygens (including phenoxy) is 1. The van der Waals surface area contributed by atoms with Crippen LogP contribution in [0.25, 0.3) is 11.0 Å². The van der Waals surface area contributed by atoms with E-state index in [1.54, 1.807) is 0 Å². The summed E-state index contributed by atoms with van der Waals surface area (Å²) in [6, 6.07) is 7.97. The van der Waals surface area contributed by atoms with Crippen LogP contribution in [0.15, 0.2) is 40.5 Å². The Labute approximate surface area is 204 Å². The monoisotopic (exact) mass is 505 g/mol. The molecule has 34 heavy (non-hydrogen) atoms. The molecule has 11 heteroatoms. The maximum Gasteiger partial charge on any atom is 0.192 e. The maximum atomic E-state index is 15.9. The van der Waals surface area contributed by atoms with Crippen LogP contribution in [0.4, 0.5) is 10.2 Å². The smallest absolute Gasteiger partial charge is 0.192 e. The minimum atomic E-state index is -2.32. The van der Waals surface area contributed by atoms with Crippen molar-refractivity contribution in [3.63, 3.8) is 0 Å². The second-order valence-corrected chi connectivity index (χ2v) is 16.0. The third-order valence-corrected chi connectivity index (χ3v) is 12.1. The van der Waals surface area contributed by atoms with Gasteiger partial charge in [0.25, 0.3) is 0 Å². The average Bonchev–Trinajstić information content (AvgIpc) is 3.25. The number of nitrogens with two attached hydrogens (primary N) is 1. The van der Waals surface area contributed by atoms with Crippen LogP contribution in [0, 0.1) is 6.92 Å². The number of rotatable bonds is 6. The number of aliphatic hydroxyl groups is 1. The molecule has 1 saturated heterocycles. The molecule has 0 spiro atoms. The van der Waals surface area contributed by atoms with Crippen molar-refractivity contribution >= 4 is 36.9 Å². The summed E-state index contributed by atoms with van der Waals surface area (Å²) in [4.78, 5) is 9.42. The summed E-state index contributed by atoms with van der Waals surface area (Å²) in [7, 11) is -2.32. The molecule has 0 amide bonds. The number of benzene rings is 1. The van der Waals surface area contributed by atoms with Crippen LogP contribution >= 0.6 is 11.8 Å². The van der Waals surface area contributed by atoms with Gasteiger partial charge in [-0.05, 0) is 37.2 Å². The Morgan fingerprint density at radius 3 is 2.68 bits per heavy atom. The Balaban J connectivity index is 1.73. The van der Waals surface area contributed by atoms with Crippen molar-refractivity contribution in [2.24, 2.45) is 0 Å². The quantitative estimate of drug-likeness (QED) is 0.472. The van der Waals surface area contributed by atoms with Gasteiger partial charge in [-0.15, -0.1) is 0 Å². The maximum absolute atomic E-state index is 15.9. The van der Waals surface area contributed by atoms with Gasteiger partial charge in [0.05, 0.1) is 12.0 Å². The number of alkyl halides is 1. The minimum absolute atomic E-state index is 0.123. The van der Waals surface area contributed by atoms with E-state index in [9.17, 15) is 5.11 Å². The van der Waals surface area contributed by atoms with Gasteiger partial charge >= 0.3 is 0 Å². The number of fused-ring (bicyclic) bond motifs is 1. The predicted molar refractivity (Wildman–Crippen MR) is 133 cm³/mol. The third kappa shape index (κ3) is 4.59. The number of aryl methyl sites for hydroxylation is 1. The average molecular weight is 506 g/mol. The molecule has 0 bridgehead atoms. The Morgan fingerprint density at radius 1 is 1.29 bits per heavy atom. The van der Waals surface area contributed by atoms with Gasteiger partial charge in [-0.1, -0.05) is 50.2 Å². The van der Waals surface area contributed by atoms with Crippen LogP contribution in [0.1, 0.15) is 32.6 Å². The molecule has 3 aromatic rings. The second kappa shape index (κ2) is 9.19. The molecule has 3 N–H and O–H groups in total. The number of aliphatic hydroxyl groups excluding tert-OH is 1. The van der Waals surface area contributed by atoms with E-state index < -0.39 is 32.9 Å². The number of nitrogen functional groups attached to an aromatic ring is 1. The van der Waals surface area contributed by atoms with Crippen LogP contribution in [0.5, 0.6) is 0 Å². The van der Waals surface area contributed by atoms with Gasteiger partial charge in [-0.3, -0.25) is 0 Å². The SMILES string of the molecule is Cc1cccc(Sc2nn([C@@H]3O[C@H](CO)[C@@H](O[Si](C)(C)C(C)(C)C)[C@@H]3F)c3ncnc(N)c23)c1. The van der Waals surface area contributed by atoms with Gasteiger partial charge < -0.3 is 20.0 Å². The first-order valence-electron chi connectivity index (χ1n) is 11.2. The topological polar surface area (TPSA) is 108 Å². The molecule has 0 unspecified atom stereocenters. The fraction of sp³-hybridized carbons (Fsp3) is 0.522. The normalized spacial score (nSPS) is 23.6. The zero-order chi connectivity index (χ0) is 24.8. The molecule has 0 aliphatic carbocycles. The molecule has 8 nitrogen and oxygen atoms in total. The van der Waals surface area contributed by atoms with Gasteiger partial charge in [-0.25, -0.2) is 19.0 Å². The van der Waals surface area contributed by atoms with Gasteiger partial charge in [0.2, 0.25) is 0 Å². The van der Waals surface area contributed by atoms with Crippen molar-refractivity contribution in [2.75, 3.05) is 12.3 Å². The van der Waals surface area contributed by atoms with Gasteiger partial charge in [-0.2, -0.15) is 5.10 Å². The summed E-state index contributed by atoms with van der Waals surface area (Å²) in [5.41, 5.74) is 7.67. The van der Waals surface area contributed by atoms with E-state index in [1.807, 2.05) is 31.2 Å². The van der Waals surface area contributed by atoms with Crippen LogP contribution in [-0.2, 0) is 9.16 Å². The summed E-state index contributed by atoms with van der Waals surface area (Å²) >= 11 is 1.40. The van der Waals surface area contributed by atoms with Crippen LogP contribution in [0.3, 0.4) is 0 Å². The number of halogens is 1. The summed E-state index contributed by atoms with van der Waals surface area (Å²) < 4.78 is 29.7. The number of hydrogen-bond acceptors (Lipinski definition) is 8. The van der Waals surface area contributed by atoms with E-state index in [0.29, 0.717) is 16.1 Å². The van der Waals surface area contributed by atoms with E-state index in [0.717, 1.165) is 10.5 Å². The van der Waals surface area contributed by atoms with Crippen molar-refractivity contribution in [3.8, 4) is 0 Å². The van der Waals surface area contributed by atoms with Gasteiger partial charge in [0.15, 0.2) is 26.4 Å². The highest BCUT2D eigenvalue weighted by Gasteiger charge is 2.52. The van der Waals surface area contributed by atoms with Crippen molar-refractivity contribution in [3.05, 3.63) is 36.2 Å². The fourth-order valence-corrected chi connectivity index (χ4v) is 6.06. The van der Waals surface area contributed by atoms with Gasteiger partial charge in [0, 0.05) is 4.90 Å². The molecular formula is C23H32FN5O3SSi. The number of nitrogens with zero attached hydrogens (tertiary/aromatic N) is 4. The van der Waals surface area contributed by atoms with E-state index in [2.05, 4.69) is 48.9 Å². The first kappa shape index (κ1) is 25.1. The van der Waals surface area contributed by atoms with Crippen molar-refractivity contribution < 1.29 is 18.7 Å². The fourth-order valence-electron chi connectivity index (χ4n) is 3.70. The highest BCUT2D eigenvalue weighted by molar-refractivity contribution is 7.99. The standard InChI is InChI=1S/C23H32FN5O3SSi/c1-13-8-7-9-14(10-13)33-21-16-19(25)26-12-27-20(16)29(28-21)22-17(24)18(15(11-30)31-22)32-34(5,6)23(2,3)4/h7-10,12,15,17-18,22,30H,11H2,1-6H3,(H2,25,26,27)/t15-,17+,18-,22-/m1/s1. The van der Waals surface area contributed by atoms with E-state index in [-0.39, 0.29) is 17.5 Å². The molecule has 184 valence electrons. The molecule has 1 aliphatic heterocycles. The highest BCUT2D eigenvalue weighted by atomic mass is 32.2. The van der Waals surface area contributed by atoms with Crippen LogP contribution in [-0.4, -0.2) is 58.2 Å². The molecule has 4 atom stereocenters. The number of anilines is 1. The Hall–Kier alpha value is -2.05. The van der Waals surface area contributed by atoms with Crippen molar-refractivity contribution in [2.45, 2.75) is 80.4 Å². The van der Waals surface area contributed by atoms with Gasteiger partial charge in [0.1, 0.15) is 29.4 Å². The lowest BCUT2D eigenvalue weighted by molar-refractivity contribution is -0.0497. The molecule has 1 aliphatic rings. The Bertz CT molecular complexity index is 1190. The lowest BCUT2D eigenvalue weighted by Crippen LogP contribution is -2.49. The third-order valence-electron chi connectivity index (χ3n) is 6.61. The minimum Gasteiger partial charge on any atom is -0.408 e. The lowest BCUT2D eigenvalue weighted by atomic mass is 10.1. The molecule has 1 aromatic carbocycles. The van der Waals surface area contributed by atoms with E-state index in [4.69, 9.17) is 14.9 Å². The van der Waals surface area contributed by atoms with E-state index in [1.165, 1.54) is 22.8 Å². The Morgan fingerprint density at radius 2 is 2.03 bits per heavy atom. The molecule has 2 aromatic heterocycles. The van der Waals surface area contributed by atoms with Crippen LogP contribution in [0.2, 0.25) is 18.1 Å². The van der Waals surface area contributed by atoms with Crippen molar-refractivity contribution in [1.29, 1.82) is 0 Å². The second-order valence-electron chi connectivity index (χ2n) is 10.2. The zero-order valence-corrected chi connectivity index (χ0v) is 22.1. The van der Waals surface area contributed by atoms with E-state index >= 15 is 4.39 Å². The molecule has 1 fully saturated rings. The largest absolute Gasteiger partial charge is 0.408 e. The summed E-state index contributed by atoms with van der Waals surface area (Å²) in [6.45, 7) is 12.0. The summed E-state index contributed by atoms with van der Waals surface area (Å²) in [6.07, 6.45) is -3.08. The first-order chi connectivity index (χ1) is 15.9. The first-order valence-corrected chi connectivity index (χ1v) is 15.0. The molecular weight excluding hydrogens is 473 g/mol. The Kier molecular flexibility index (Phi) is 6.77. The highest BCUT2D eigenvalue weighted by Crippen LogP contribution is 2.43. The summed E-state index contributed by atoms with van der Waals surface area (Å²) in [5, 5.41) is 15.6. The predicted octanol–water partition coefficient (Wildman–Crippen LogP) is 4.49. The zero-order valence-electron chi connectivity index (χ0n) is 20.3. The molecule has 0 saturated carbocycles. The molecule has 4 rings (SSSR count). The number of hydrogen-bond donors (Lipinski definition) is 2.